The summed E-state index contributed by atoms with van der Waals surface area (Å²) in [5.41, 5.74) is -0.0619. The molecule has 0 aliphatic heterocycles. The zero-order chi connectivity index (χ0) is 15.3. The molecule has 5 heteroatoms. The van der Waals surface area contributed by atoms with Crippen LogP contribution < -0.4 is 0 Å². The average Bonchev–Trinajstić information content (AvgIpc) is 2.36. The van der Waals surface area contributed by atoms with E-state index in [2.05, 4.69) is 0 Å². The Bertz CT molecular complexity index is 524. The maximum absolute atomic E-state index is 11.0. The quantitative estimate of drug-likeness (QED) is 0.831. The third-order valence-corrected chi connectivity index (χ3v) is 3.25. The maximum Gasteiger partial charge on any atom is 0.305 e. The number of hydrogen-bond acceptors (Lipinski definition) is 3. The molecular formula is C15H17NO4. The summed E-state index contributed by atoms with van der Waals surface area (Å²) in [6.45, 7) is 4.03. The lowest BCUT2D eigenvalue weighted by molar-refractivity contribution is -0.140. The summed E-state index contributed by atoms with van der Waals surface area (Å²) in [5.74, 6) is -2.08. The van der Waals surface area contributed by atoms with Crippen LogP contribution in [0.25, 0.3) is 0 Å². The van der Waals surface area contributed by atoms with Crippen molar-refractivity contribution in [2.45, 2.75) is 38.0 Å². The van der Waals surface area contributed by atoms with Crippen LogP contribution >= 0.6 is 0 Å². The zero-order valence-corrected chi connectivity index (χ0v) is 11.5. The molecule has 0 aromatic heterocycles. The minimum Gasteiger partial charge on any atom is -0.481 e. The number of aliphatic carboxylic acids is 2. The van der Waals surface area contributed by atoms with Gasteiger partial charge < -0.3 is 10.2 Å². The predicted molar refractivity (Wildman–Crippen MR) is 72.3 cm³/mol. The van der Waals surface area contributed by atoms with Crippen molar-refractivity contribution < 1.29 is 19.8 Å². The van der Waals surface area contributed by atoms with Crippen LogP contribution in [-0.2, 0) is 15.0 Å². The fraction of sp³-hybridized carbons (Fsp3) is 0.400. The third kappa shape index (κ3) is 3.58. The van der Waals surface area contributed by atoms with Gasteiger partial charge in [-0.05, 0) is 17.0 Å². The number of carbonyl (C=O) groups is 2. The molecule has 0 aliphatic rings. The number of hydrogen-bond donors (Lipinski definition) is 2. The van der Waals surface area contributed by atoms with Crippen LogP contribution in [0.15, 0.2) is 24.3 Å². The van der Waals surface area contributed by atoms with Crippen molar-refractivity contribution in [1.29, 1.82) is 5.26 Å². The standard InChI is InChI=1S/C15H17NO4/c1-10(2)11-3-5-12(6-4-11)15(9-16,7-13(17)18)8-14(19)20/h3-6,10H,7-8H2,1-2H3,(H,17,18)(H,19,20). The second-order valence-corrected chi connectivity index (χ2v) is 5.11. The largest absolute Gasteiger partial charge is 0.481 e. The van der Waals surface area contributed by atoms with E-state index in [0.717, 1.165) is 5.56 Å². The second kappa shape index (κ2) is 6.20. The first-order valence-electron chi connectivity index (χ1n) is 6.26. The van der Waals surface area contributed by atoms with E-state index in [9.17, 15) is 14.9 Å². The molecule has 0 unspecified atom stereocenters. The molecule has 0 atom stereocenters. The number of benzene rings is 1. The van der Waals surface area contributed by atoms with Gasteiger partial charge in [0.25, 0.3) is 0 Å². The van der Waals surface area contributed by atoms with Gasteiger partial charge in [0.05, 0.1) is 18.9 Å². The second-order valence-electron chi connectivity index (χ2n) is 5.11. The Labute approximate surface area is 117 Å². The molecule has 0 amide bonds. The van der Waals surface area contributed by atoms with Gasteiger partial charge in [-0.3, -0.25) is 9.59 Å². The van der Waals surface area contributed by atoms with Gasteiger partial charge >= 0.3 is 11.9 Å². The monoisotopic (exact) mass is 275 g/mol. The number of nitrogens with zero attached hydrogens (tertiary/aromatic N) is 1. The van der Waals surface area contributed by atoms with Gasteiger partial charge in [0, 0.05) is 0 Å². The van der Waals surface area contributed by atoms with E-state index >= 15 is 0 Å². The van der Waals surface area contributed by atoms with Crippen molar-refractivity contribution in [3.8, 4) is 6.07 Å². The van der Waals surface area contributed by atoms with Crippen LogP contribution in [0.5, 0.6) is 0 Å². The van der Waals surface area contributed by atoms with Crippen molar-refractivity contribution in [3.05, 3.63) is 35.4 Å². The molecule has 0 saturated heterocycles. The number of rotatable bonds is 6. The van der Waals surface area contributed by atoms with Gasteiger partial charge in [0.15, 0.2) is 0 Å². The van der Waals surface area contributed by atoms with E-state index in [1.54, 1.807) is 24.3 Å². The van der Waals surface area contributed by atoms with E-state index < -0.39 is 30.2 Å². The first-order chi connectivity index (χ1) is 9.30. The normalized spacial score (nSPS) is 11.1. The smallest absolute Gasteiger partial charge is 0.305 e. The molecule has 1 aromatic carbocycles. The Morgan fingerprint density at radius 1 is 1.15 bits per heavy atom. The Morgan fingerprint density at radius 3 is 1.90 bits per heavy atom. The molecule has 2 N–H and O–H groups in total. The topological polar surface area (TPSA) is 98.4 Å². The number of carboxylic acids is 2. The average molecular weight is 275 g/mol. The van der Waals surface area contributed by atoms with Gasteiger partial charge in [-0.2, -0.15) is 5.26 Å². The number of carboxylic acid groups (broad SMARTS) is 2. The molecule has 0 aliphatic carbocycles. The Balaban J connectivity index is 3.25. The molecule has 5 nitrogen and oxygen atoms in total. The summed E-state index contributed by atoms with van der Waals surface area (Å²) in [5, 5.41) is 27.2. The lowest BCUT2D eigenvalue weighted by Crippen LogP contribution is -2.30. The summed E-state index contributed by atoms with van der Waals surface area (Å²) in [6, 6.07) is 8.77. The van der Waals surface area contributed by atoms with Gasteiger partial charge in [-0.1, -0.05) is 38.1 Å². The first-order valence-corrected chi connectivity index (χ1v) is 6.26. The van der Waals surface area contributed by atoms with Crippen LogP contribution in [0.2, 0.25) is 0 Å². The summed E-state index contributed by atoms with van der Waals surface area (Å²) < 4.78 is 0. The molecule has 0 saturated carbocycles. The van der Waals surface area contributed by atoms with Crippen LogP contribution in [-0.4, -0.2) is 22.2 Å². The fourth-order valence-corrected chi connectivity index (χ4v) is 2.11. The summed E-state index contributed by atoms with van der Waals surface area (Å²) in [7, 11) is 0. The molecular weight excluding hydrogens is 258 g/mol. The van der Waals surface area contributed by atoms with E-state index in [4.69, 9.17) is 10.2 Å². The van der Waals surface area contributed by atoms with Gasteiger partial charge in [0.2, 0.25) is 0 Å². The molecule has 0 bridgehead atoms. The molecule has 0 radical (unpaired) electrons. The molecule has 1 rings (SSSR count). The van der Waals surface area contributed by atoms with Gasteiger partial charge in [-0.15, -0.1) is 0 Å². The fourth-order valence-electron chi connectivity index (χ4n) is 2.11. The summed E-state index contributed by atoms with van der Waals surface area (Å²) in [4.78, 5) is 21.9. The Morgan fingerprint density at radius 2 is 1.60 bits per heavy atom. The van der Waals surface area contributed by atoms with Crippen molar-refractivity contribution in [1.82, 2.24) is 0 Å². The van der Waals surface area contributed by atoms with Crippen LogP contribution in [0.4, 0.5) is 0 Å². The van der Waals surface area contributed by atoms with Crippen molar-refractivity contribution in [2.24, 2.45) is 0 Å². The van der Waals surface area contributed by atoms with Crippen molar-refractivity contribution in [2.75, 3.05) is 0 Å². The van der Waals surface area contributed by atoms with Crippen molar-refractivity contribution >= 4 is 11.9 Å². The van der Waals surface area contributed by atoms with E-state index in [-0.39, 0.29) is 0 Å². The highest BCUT2D eigenvalue weighted by Crippen LogP contribution is 2.32. The Hall–Kier alpha value is -2.35. The highest BCUT2D eigenvalue weighted by molar-refractivity contribution is 5.75. The van der Waals surface area contributed by atoms with Crippen LogP contribution in [0.1, 0.15) is 43.7 Å². The lowest BCUT2D eigenvalue weighted by atomic mass is 9.75. The Kier molecular flexibility index (Phi) is 4.87. The lowest BCUT2D eigenvalue weighted by Gasteiger charge is -2.24. The molecule has 0 spiro atoms. The molecule has 1 aromatic rings. The van der Waals surface area contributed by atoms with Gasteiger partial charge in [-0.25, -0.2) is 0 Å². The summed E-state index contributed by atoms with van der Waals surface area (Å²) >= 11 is 0. The molecule has 0 heterocycles. The van der Waals surface area contributed by atoms with E-state index in [1.807, 2.05) is 19.9 Å². The molecule has 20 heavy (non-hydrogen) atoms. The maximum atomic E-state index is 11.0. The third-order valence-electron chi connectivity index (χ3n) is 3.25. The molecule has 106 valence electrons. The van der Waals surface area contributed by atoms with Gasteiger partial charge in [0.1, 0.15) is 5.41 Å². The minimum atomic E-state index is -1.53. The zero-order valence-electron chi connectivity index (χ0n) is 11.5. The van der Waals surface area contributed by atoms with E-state index in [1.165, 1.54) is 0 Å². The highest BCUT2D eigenvalue weighted by atomic mass is 16.4. The number of nitriles is 1. The SMILES string of the molecule is CC(C)c1ccc(C(C#N)(CC(=O)O)CC(=O)O)cc1. The van der Waals surface area contributed by atoms with Crippen LogP contribution in [0, 0.1) is 11.3 Å². The van der Waals surface area contributed by atoms with E-state index in [0.29, 0.717) is 11.5 Å². The first kappa shape index (κ1) is 15.7. The van der Waals surface area contributed by atoms with Crippen LogP contribution in [0.3, 0.4) is 0 Å². The summed E-state index contributed by atoms with van der Waals surface area (Å²) in [6.07, 6.45) is -1.06. The van der Waals surface area contributed by atoms with Crippen molar-refractivity contribution in [3.63, 3.8) is 0 Å². The molecule has 0 fully saturated rings. The minimum absolute atomic E-state index is 0.305. The predicted octanol–water partition coefficient (Wildman–Crippen LogP) is 2.52. The highest BCUT2D eigenvalue weighted by Gasteiger charge is 2.37.